The zero-order valence-corrected chi connectivity index (χ0v) is 25.0. The number of hydrogen-bond acceptors (Lipinski definition) is 8. The van der Waals surface area contributed by atoms with Gasteiger partial charge in [0, 0.05) is 37.8 Å². The predicted octanol–water partition coefficient (Wildman–Crippen LogP) is 4.34. The highest BCUT2D eigenvalue weighted by Gasteiger charge is 2.50. The largest absolute Gasteiger partial charge is 0.453 e. The van der Waals surface area contributed by atoms with Crippen LogP contribution in [0.4, 0.5) is 26.7 Å². The summed E-state index contributed by atoms with van der Waals surface area (Å²) in [5, 5.41) is 9.99. The number of likely N-dealkylation sites (tertiary alicyclic amines) is 2. The van der Waals surface area contributed by atoms with Crippen molar-refractivity contribution in [3.8, 4) is 0 Å². The quantitative estimate of drug-likeness (QED) is 0.374. The molecule has 17 heteroatoms. The highest BCUT2D eigenvalue weighted by atomic mass is 19.3. The number of carbonyl (C=O) groups is 3. The summed E-state index contributed by atoms with van der Waals surface area (Å²) in [5.41, 5.74) is 0.267. The molecule has 12 nitrogen and oxygen atoms in total. The van der Waals surface area contributed by atoms with E-state index in [2.05, 4.69) is 30.2 Å². The number of ether oxygens (including phenoxy) is 1. The standard InChI is InChI=1S/C29H32F5N7O5/c1-14-21(39-46-38-14)25(42)37-22(15-5-8-28(31,32)9-6-15)24-35-19-4-3-16(20(30)23(19)36-24)18-11-40(27(44)45-2)10-7-17(18)26(43)41-12-29(33,34)13-41/h3-4,15,17-18,22H,5-13H2,1-2H3,(H,35,36)(H,37,42)/t17-,18+,22-/m0/s1. The molecule has 2 saturated heterocycles. The van der Waals surface area contributed by atoms with Crippen LogP contribution in [0.1, 0.15) is 71.6 Å². The van der Waals surface area contributed by atoms with Crippen molar-refractivity contribution in [1.82, 2.24) is 35.4 Å². The van der Waals surface area contributed by atoms with E-state index in [0.29, 0.717) is 0 Å². The number of imidazole rings is 1. The number of fused-ring (bicyclic) bond motifs is 1. The fraction of sp³-hybridized carbons (Fsp3) is 0.586. The van der Waals surface area contributed by atoms with Crippen LogP contribution in [0.2, 0.25) is 0 Å². The molecule has 3 aliphatic rings. The summed E-state index contributed by atoms with van der Waals surface area (Å²) in [5.74, 6) is -10.0. The van der Waals surface area contributed by atoms with Crippen molar-refractivity contribution < 1.29 is 45.7 Å². The minimum atomic E-state index is -2.99. The maximum atomic E-state index is 16.4. The molecule has 1 aliphatic carbocycles. The summed E-state index contributed by atoms with van der Waals surface area (Å²) in [6.07, 6.45) is -1.26. The number of nitrogens with one attached hydrogen (secondary N) is 2. The Morgan fingerprint density at radius 2 is 1.78 bits per heavy atom. The van der Waals surface area contributed by atoms with Gasteiger partial charge in [-0.1, -0.05) is 11.2 Å². The second-order valence-electron chi connectivity index (χ2n) is 12.3. The number of aromatic amines is 1. The Morgan fingerprint density at radius 1 is 1.07 bits per heavy atom. The third-order valence-corrected chi connectivity index (χ3v) is 9.24. The summed E-state index contributed by atoms with van der Waals surface area (Å²) < 4.78 is 81.1. The lowest BCUT2D eigenvalue weighted by Crippen LogP contribution is -2.61. The molecule has 2 aromatic heterocycles. The molecule has 2 N–H and O–H groups in total. The van der Waals surface area contributed by atoms with Crippen molar-refractivity contribution in [2.75, 3.05) is 33.3 Å². The number of H-pyrrole nitrogens is 1. The van der Waals surface area contributed by atoms with Crippen molar-refractivity contribution in [1.29, 1.82) is 0 Å². The van der Waals surface area contributed by atoms with E-state index in [4.69, 9.17) is 4.74 Å². The lowest BCUT2D eigenvalue weighted by atomic mass is 9.79. The van der Waals surface area contributed by atoms with Crippen LogP contribution >= 0.6 is 0 Å². The summed E-state index contributed by atoms with van der Waals surface area (Å²) in [7, 11) is 1.19. The number of hydrogen-bond donors (Lipinski definition) is 2. The van der Waals surface area contributed by atoms with Crippen LogP contribution in [-0.4, -0.2) is 93.1 Å². The van der Waals surface area contributed by atoms with Crippen LogP contribution in [0, 0.1) is 24.6 Å². The molecule has 2 aliphatic heterocycles. The Morgan fingerprint density at radius 3 is 2.41 bits per heavy atom. The SMILES string of the molecule is COC(=O)N1CC[C@H](C(=O)N2CC(F)(F)C2)[C@@H](c2ccc3[nH]c([C@@H](NC(=O)c4nonc4C)C4CCC(F)(F)CC4)nc3c2F)C1. The van der Waals surface area contributed by atoms with Crippen LogP contribution in [0.3, 0.4) is 0 Å². The van der Waals surface area contributed by atoms with Crippen LogP contribution in [-0.2, 0) is 9.53 Å². The molecule has 6 rings (SSSR count). The maximum Gasteiger partial charge on any atom is 0.409 e. The number of aromatic nitrogens is 4. The van der Waals surface area contributed by atoms with E-state index in [1.165, 1.54) is 31.1 Å². The number of benzene rings is 1. The first kappa shape index (κ1) is 31.7. The van der Waals surface area contributed by atoms with Gasteiger partial charge in [0.2, 0.25) is 11.8 Å². The first-order chi connectivity index (χ1) is 21.8. The van der Waals surface area contributed by atoms with Gasteiger partial charge in [-0.3, -0.25) is 9.59 Å². The minimum Gasteiger partial charge on any atom is -0.453 e. The molecule has 0 radical (unpaired) electrons. The average Bonchev–Trinajstić information content (AvgIpc) is 3.64. The Kier molecular flexibility index (Phi) is 8.13. The number of carbonyl (C=O) groups excluding carboxylic acids is 3. The highest BCUT2D eigenvalue weighted by Crippen LogP contribution is 2.43. The third kappa shape index (κ3) is 5.98. The molecule has 0 bridgehead atoms. The van der Waals surface area contributed by atoms with Gasteiger partial charge < -0.3 is 24.8 Å². The Bertz CT molecular complexity index is 1640. The second-order valence-corrected chi connectivity index (χ2v) is 12.3. The molecule has 3 atom stereocenters. The van der Waals surface area contributed by atoms with Gasteiger partial charge in [0.15, 0.2) is 11.5 Å². The van der Waals surface area contributed by atoms with Crippen molar-refractivity contribution in [2.24, 2.45) is 11.8 Å². The van der Waals surface area contributed by atoms with Crippen LogP contribution in [0.15, 0.2) is 16.8 Å². The van der Waals surface area contributed by atoms with E-state index >= 15 is 4.39 Å². The second kappa shape index (κ2) is 11.8. The number of amides is 3. The monoisotopic (exact) mass is 653 g/mol. The summed E-state index contributed by atoms with van der Waals surface area (Å²) in [4.78, 5) is 48.6. The molecule has 0 unspecified atom stereocenters. The molecule has 3 aromatic rings. The Hall–Kier alpha value is -4.31. The molecule has 248 valence electrons. The molecular weight excluding hydrogens is 621 g/mol. The van der Waals surface area contributed by atoms with Gasteiger partial charge in [-0.15, -0.1) is 0 Å². The Labute approximate surface area is 259 Å². The first-order valence-corrected chi connectivity index (χ1v) is 14.9. The molecule has 4 heterocycles. The lowest BCUT2D eigenvalue weighted by molar-refractivity contribution is -0.171. The topological polar surface area (TPSA) is 147 Å². The molecule has 46 heavy (non-hydrogen) atoms. The third-order valence-electron chi connectivity index (χ3n) is 9.24. The number of halogens is 5. The summed E-state index contributed by atoms with van der Waals surface area (Å²) >= 11 is 0. The average molecular weight is 654 g/mol. The summed E-state index contributed by atoms with van der Waals surface area (Å²) in [6.45, 7) is 0.0573. The van der Waals surface area contributed by atoms with Crippen molar-refractivity contribution in [3.63, 3.8) is 0 Å². The Balaban J connectivity index is 1.34. The van der Waals surface area contributed by atoms with E-state index in [1.807, 2.05) is 0 Å². The van der Waals surface area contributed by atoms with Gasteiger partial charge in [-0.25, -0.2) is 36.4 Å². The normalized spacial score (nSPS) is 23.5. The fourth-order valence-electron chi connectivity index (χ4n) is 6.72. The molecule has 1 aromatic carbocycles. The van der Waals surface area contributed by atoms with Gasteiger partial charge in [0.1, 0.15) is 17.0 Å². The highest BCUT2D eigenvalue weighted by molar-refractivity contribution is 5.93. The zero-order chi connectivity index (χ0) is 33.0. The number of alkyl halides is 4. The van der Waals surface area contributed by atoms with E-state index in [0.717, 1.165) is 4.90 Å². The van der Waals surface area contributed by atoms with Gasteiger partial charge in [0.25, 0.3) is 11.8 Å². The van der Waals surface area contributed by atoms with Crippen LogP contribution in [0.25, 0.3) is 11.0 Å². The summed E-state index contributed by atoms with van der Waals surface area (Å²) in [6, 6.07) is 2.04. The molecule has 0 spiro atoms. The van der Waals surface area contributed by atoms with E-state index in [-0.39, 0.29) is 66.2 Å². The number of piperidine rings is 1. The van der Waals surface area contributed by atoms with Crippen molar-refractivity contribution >= 4 is 28.9 Å². The molecule has 3 fully saturated rings. The van der Waals surface area contributed by atoms with Crippen molar-refractivity contribution in [2.45, 2.75) is 62.8 Å². The van der Waals surface area contributed by atoms with Gasteiger partial charge >= 0.3 is 6.09 Å². The molecule has 1 saturated carbocycles. The maximum absolute atomic E-state index is 16.4. The van der Waals surface area contributed by atoms with Gasteiger partial charge in [0.05, 0.1) is 31.8 Å². The van der Waals surface area contributed by atoms with E-state index < -0.39 is 85.3 Å². The molecular formula is C29H32F5N7O5. The molecule has 3 amide bonds. The van der Waals surface area contributed by atoms with Crippen molar-refractivity contribution in [3.05, 3.63) is 40.7 Å². The van der Waals surface area contributed by atoms with Gasteiger partial charge in [-0.05, 0) is 48.9 Å². The first-order valence-electron chi connectivity index (χ1n) is 14.9. The van der Waals surface area contributed by atoms with Gasteiger partial charge in [-0.2, -0.15) is 0 Å². The number of aryl methyl sites for hydroxylation is 1. The van der Waals surface area contributed by atoms with Crippen LogP contribution < -0.4 is 5.32 Å². The lowest BCUT2D eigenvalue weighted by Gasteiger charge is -2.44. The number of rotatable bonds is 6. The smallest absolute Gasteiger partial charge is 0.409 e. The number of nitrogens with zero attached hydrogens (tertiary/aromatic N) is 5. The van der Waals surface area contributed by atoms with E-state index in [9.17, 15) is 31.9 Å². The minimum absolute atomic E-state index is 0.0481. The van der Waals surface area contributed by atoms with E-state index in [1.54, 1.807) is 0 Å². The fourth-order valence-corrected chi connectivity index (χ4v) is 6.72. The van der Waals surface area contributed by atoms with Crippen LogP contribution in [0.5, 0.6) is 0 Å². The number of methoxy groups -OCH3 is 1. The predicted molar refractivity (Wildman–Crippen MR) is 149 cm³/mol. The zero-order valence-electron chi connectivity index (χ0n) is 25.0.